The molecule has 174 valence electrons. The van der Waals surface area contributed by atoms with Crippen LogP contribution in [0.4, 0.5) is 11.4 Å². The molecule has 8 heteroatoms. The molecule has 3 N–H and O–H groups in total. The smallest absolute Gasteiger partial charge is 0.307 e. The Labute approximate surface area is 194 Å². The van der Waals surface area contributed by atoms with E-state index in [1.807, 2.05) is 32.9 Å². The highest BCUT2D eigenvalue weighted by molar-refractivity contribution is 7.92. The number of para-hydroxylation sites is 1. The van der Waals surface area contributed by atoms with Crippen LogP contribution in [-0.4, -0.2) is 25.4 Å². The van der Waals surface area contributed by atoms with Crippen LogP contribution in [0.1, 0.15) is 32.3 Å². The molecule has 2 aliphatic carbocycles. The first-order valence-corrected chi connectivity index (χ1v) is 12.5. The van der Waals surface area contributed by atoms with Gasteiger partial charge in [-0.05, 0) is 81.3 Å². The number of sulfonamides is 1. The van der Waals surface area contributed by atoms with Crippen molar-refractivity contribution in [3.8, 4) is 0 Å². The molecule has 0 spiro atoms. The summed E-state index contributed by atoms with van der Waals surface area (Å²) in [6.45, 7) is 5.77. The fraction of sp³-hybridized carbons (Fsp3) is 0.360. The maximum atomic E-state index is 13.1. The fourth-order valence-electron chi connectivity index (χ4n) is 5.44. The first kappa shape index (κ1) is 23.0. The summed E-state index contributed by atoms with van der Waals surface area (Å²) < 4.78 is 28.0. The molecule has 2 fully saturated rings. The van der Waals surface area contributed by atoms with Crippen molar-refractivity contribution in [2.45, 2.75) is 38.5 Å². The minimum atomic E-state index is -3.79. The van der Waals surface area contributed by atoms with E-state index in [0.29, 0.717) is 11.4 Å². The van der Waals surface area contributed by atoms with Crippen LogP contribution in [0.5, 0.6) is 0 Å². The predicted molar refractivity (Wildman–Crippen MR) is 126 cm³/mol. The Kier molecular flexibility index (Phi) is 6.05. The molecule has 2 aliphatic rings. The van der Waals surface area contributed by atoms with Gasteiger partial charge in [0.2, 0.25) is 5.91 Å². The van der Waals surface area contributed by atoms with Crippen LogP contribution < -0.4 is 10.0 Å². The van der Waals surface area contributed by atoms with E-state index in [1.165, 1.54) is 24.3 Å². The van der Waals surface area contributed by atoms with Gasteiger partial charge in [0.25, 0.3) is 10.0 Å². The van der Waals surface area contributed by atoms with Crippen molar-refractivity contribution in [1.82, 2.24) is 0 Å². The van der Waals surface area contributed by atoms with Gasteiger partial charge in [-0.15, -0.1) is 0 Å². The van der Waals surface area contributed by atoms with Crippen molar-refractivity contribution in [3.63, 3.8) is 0 Å². The second-order valence-corrected chi connectivity index (χ2v) is 10.8. The number of fused-ring (bicyclic) bond motifs is 2. The number of anilines is 2. The normalized spacial score (nSPS) is 23.9. The number of carbonyl (C=O) groups excluding carboxylic acids is 1. The first-order chi connectivity index (χ1) is 15.6. The van der Waals surface area contributed by atoms with Crippen LogP contribution in [0.3, 0.4) is 0 Å². The molecule has 0 aliphatic heterocycles. The maximum absolute atomic E-state index is 13.1. The molecule has 7 nitrogen and oxygen atoms in total. The summed E-state index contributed by atoms with van der Waals surface area (Å²) in [7, 11) is -3.79. The third-order valence-electron chi connectivity index (χ3n) is 6.83. The van der Waals surface area contributed by atoms with Gasteiger partial charge in [-0.25, -0.2) is 8.42 Å². The predicted octanol–water partition coefficient (Wildman–Crippen LogP) is 4.43. The second-order valence-electron chi connectivity index (χ2n) is 9.07. The van der Waals surface area contributed by atoms with Crippen molar-refractivity contribution in [2.75, 3.05) is 10.0 Å². The summed E-state index contributed by atoms with van der Waals surface area (Å²) >= 11 is 0. The average Bonchev–Trinajstić information content (AvgIpc) is 3.32. The average molecular weight is 469 g/mol. The molecule has 0 saturated heterocycles. The Bertz CT molecular complexity index is 1230. The number of carboxylic acids is 1. The molecule has 2 saturated carbocycles. The molecule has 4 atom stereocenters. The van der Waals surface area contributed by atoms with Gasteiger partial charge < -0.3 is 10.4 Å². The van der Waals surface area contributed by atoms with E-state index in [2.05, 4.69) is 10.0 Å². The minimum absolute atomic E-state index is 0.0564. The van der Waals surface area contributed by atoms with Gasteiger partial charge in [-0.2, -0.15) is 0 Å². The van der Waals surface area contributed by atoms with Crippen LogP contribution >= 0.6 is 0 Å². The molecule has 2 aromatic rings. The van der Waals surface area contributed by atoms with Gasteiger partial charge in [0, 0.05) is 5.69 Å². The zero-order chi connectivity index (χ0) is 23.9. The molecule has 2 bridgehead atoms. The third-order valence-corrected chi connectivity index (χ3v) is 8.21. The lowest BCUT2D eigenvalue weighted by atomic mass is 9.78. The molecule has 0 heterocycles. The van der Waals surface area contributed by atoms with E-state index >= 15 is 0 Å². The molecule has 1 amide bonds. The molecule has 0 aromatic heterocycles. The molecule has 0 unspecified atom stereocenters. The van der Waals surface area contributed by atoms with Crippen molar-refractivity contribution < 1.29 is 23.1 Å². The standard InChI is InChI=1S/C25H28N2O5S/c1-14(2)21-18-12-13-19(21)23(25(29)30)22(18)24(28)26-16-8-10-17(11-9-16)33(31,32)27-20-7-5-4-6-15(20)3/h4-11,18-19,22-23,27H,12-13H2,1-3H3,(H,26,28)(H,29,30)/t18-,19-,22-,23-/m1/s1. The van der Waals surface area contributed by atoms with Gasteiger partial charge in [0.1, 0.15) is 0 Å². The molecular weight excluding hydrogens is 440 g/mol. The van der Waals surface area contributed by atoms with E-state index in [0.717, 1.165) is 29.6 Å². The number of hydrogen-bond donors (Lipinski definition) is 3. The van der Waals surface area contributed by atoms with Crippen LogP contribution in [0.15, 0.2) is 64.6 Å². The topological polar surface area (TPSA) is 113 Å². The van der Waals surface area contributed by atoms with E-state index in [9.17, 15) is 23.1 Å². The van der Waals surface area contributed by atoms with E-state index < -0.39 is 27.8 Å². The fourth-order valence-corrected chi connectivity index (χ4v) is 6.57. The second kappa shape index (κ2) is 8.67. The van der Waals surface area contributed by atoms with Gasteiger partial charge in [0.15, 0.2) is 0 Å². The van der Waals surface area contributed by atoms with Crippen LogP contribution in [0.25, 0.3) is 0 Å². The summed E-state index contributed by atoms with van der Waals surface area (Å²) in [4.78, 5) is 25.2. The zero-order valence-electron chi connectivity index (χ0n) is 18.8. The molecule has 33 heavy (non-hydrogen) atoms. The van der Waals surface area contributed by atoms with Gasteiger partial charge >= 0.3 is 5.97 Å². The molecule has 4 rings (SSSR count). The van der Waals surface area contributed by atoms with Gasteiger partial charge in [-0.1, -0.05) is 29.3 Å². The van der Waals surface area contributed by atoms with Crippen LogP contribution in [0.2, 0.25) is 0 Å². The number of rotatable bonds is 6. The van der Waals surface area contributed by atoms with E-state index in [1.54, 1.807) is 12.1 Å². The largest absolute Gasteiger partial charge is 0.481 e. The highest BCUT2D eigenvalue weighted by Gasteiger charge is 2.57. The lowest BCUT2D eigenvalue weighted by Crippen LogP contribution is -2.37. The highest BCUT2D eigenvalue weighted by Crippen LogP contribution is 2.57. The summed E-state index contributed by atoms with van der Waals surface area (Å²) in [6.07, 6.45) is 1.61. The minimum Gasteiger partial charge on any atom is -0.481 e. The van der Waals surface area contributed by atoms with Crippen molar-refractivity contribution in [2.24, 2.45) is 23.7 Å². The Balaban J connectivity index is 1.51. The number of nitrogens with one attached hydrogen (secondary N) is 2. The molecular formula is C25H28N2O5S. The molecule has 2 aromatic carbocycles. The number of carboxylic acid groups (broad SMARTS) is 1. The summed E-state index contributed by atoms with van der Waals surface area (Å²) in [5, 5.41) is 12.6. The lowest BCUT2D eigenvalue weighted by molar-refractivity contribution is -0.148. The Morgan fingerprint density at radius 2 is 1.55 bits per heavy atom. The number of aryl methyl sites for hydroxylation is 1. The number of amides is 1. The van der Waals surface area contributed by atoms with E-state index in [-0.39, 0.29) is 22.6 Å². The van der Waals surface area contributed by atoms with Crippen molar-refractivity contribution in [3.05, 3.63) is 65.2 Å². The number of carbonyl (C=O) groups is 2. The Morgan fingerprint density at radius 1 is 0.939 bits per heavy atom. The van der Waals surface area contributed by atoms with E-state index in [4.69, 9.17) is 0 Å². The monoisotopic (exact) mass is 468 g/mol. The summed E-state index contributed by atoms with van der Waals surface area (Å²) in [5.74, 6) is -2.77. The number of benzene rings is 2. The third kappa shape index (κ3) is 4.27. The SMILES string of the molecule is CC(C)=C1[C@H]2CC[C@H]1[C@@H](C(=O)Nc1ccc(S(=O)(=O)Nc3ccccc3C)cc1)[C@@H]2C(=O)O. The number of aliphatic carboxylic acids is 1. The maximum Gasteiger partial charge on any atom is 0.307 e. The first-order valence-electron chi connectivity index (χ1n) is 11.0. The number of allylic oxidation sites excluding steroid dienone is 2. The highest BCUT2D eigenvalue weighted by atomic mass is 32.2. The zero-order valence-corrected chi connectivity index (χ0v) is 19.6. The van der Waals surface area contributed by atoms with Crippen LogP contribution in [-0.2, 0) is 19.6 Å². The summed E-state index contributed by atoms with van der Waals surface area (Å²) in [5.41, 5.74) is 3.95. The Morgan fingerprint density at radius 3 is 2.12 bits per heavy atom. The quantitative estimate of drug-likeness (QED) is 0.543. The van der Waals surface area contributed by atoms with Gasteiger partial charge in [-0.3, -0.25) is 14.3 Å². The number of hydrogen-bond acceptors (Lipinski definition) is 4. The lowest BCUT2D eigenvalue weighted by Gasteiger charge is -2.26. The van der Waals surface area contributed by atoms with Crippen LogP contribution in [0, 0.1) is 30.6 Å². The Hall–Kier alpha value is -3.13. The molecule has 0 radical (unpaired) electrons. The van der Waals surface area contributed by atoms with Crippen molar-refractivity contribution in [1.29, 1.82) is 0 Å². The summed E-state index contributed by atoms with van der Waals surface area (Å²) in [6, 6.07) is 13.0. The van der Waals surface area contributed by atoms with Crippen molar-refractivity contribution >= 4 is 33.3 Å². The van der Waals surface area contributed by atoms with Gasteiger partial charge in [0.05, 0.1) is 22.4 Å².